The van der Waals surface area contributed by atoms with Crippen molar-refractivity contribution in [3.63, 3.8) is 0 Å². The SMILES string of the molecule is CC(C)c1cc(=O)n(CC(=O)N2CCN(C/C=C/c3ccccc3)CC2)cn1. The number of amides is 1. The Kier molecular flexibility index (Phi) is 6.76. The average molecular weight is 380 g/mol. The van der Waals surface area contributed by atoms with Crippen molar-refractivity contribution in [1.82, 2.24) is 19.4 Å². The fourth-order valence-electron chi connectivity index (χ4n) is 3.20. The van der Waals surface area contributed by atoms with Crippen LogP contribution in [0, 0.1) is 0 Å². The van der Waals surface area contributed by atoms with Crippen molar-refractivity contribution in [3.8, 4) is 0 Å². The summed E-state index contributed by atoms with van der Waals surface area (Å²) in [5, 5.41) is 0. The molecule has 28 heavy (non-hydrogen) atoms. The van der Waals surface area contributed by atoms with Gasteiger partial charge in [0.05, 0.1) is 12.0 Å². The molecule has 6 nitrogen and oxygen atoms in total. The molecule has 2 aromatic rings. The minimum Gasteiger partial charge on any atom is -0.339 e. The van der Waals surface area contributed by atoms with Gasteiger partial charge < -0.3 is 4.90 Å². The Bertz CT molecular complexity index is 866. The first-order valence-corrected chi connectivity index (χ1v) is 9.81. The zero-order chi connectivity index (χ0) is 19.9. The minimum atomic E-state index is -0.170. The van der Waals surface area contributed by atoms with Gasteiger partial charge in [0.15, 0.2) is 0 Å². The first kappa shape index (κ1) is 20.0. The Morgan fingerprint density at radius 1 is 1.14 bits per heavy atom. The predicted molar refractivity (Wildman–Crippen MR) is 111 cm³/mol. The van der Waals surface area contributed by atoms with Crippen LogP contribution >= 0.6 is 0 Å². The third-order valence-corrected chi connectivity index (χ3v) is 5.00. The monoisotopic (exact) mass is 380 g/mol. The van der Waals surface area contributed by atoms with Gasteiger partial charge in [0.2, 0.25) is 5.91 Å². The Morgan fingerprint density at radius 3 is 2.50 bits per heavy atom. The third-order valence-electron chi connectivity index (χ3n) is 5.00. The predicted octanol–water partition coefficient (Wildman–Crippen LogP) is 2.22. The van der Waals surface area contributed by atoms with Gasteiger partial charge in [0, 0.05) is 38.8 Å². The molecule has 0 bridgehead atoms. The van der Waals surface area contributed by atoms with E-state index < -0.39 is 0 Å². The first-order chi connectivity index (χ1) is 13.5. The molecule has 6 heteroatoms. The Balaban J connectivity index is 1.47. The van der Waals surface area contributed by atoms with Gasteiger partial charge in [0.1, 0.15) is 6.54 Å². The highest BCUT2D eigenvalue weighted by Crippen LogP contribution is 2.08. The smallest absolute Gasteiger partial charge is 0.254 e. The number of carbonyl (C=O) groups excluding carboxylic acids is 1. The molecule has 148 valence electrons. The van der Waals surface area contributed by atoms with Crippen LogP contribution in [-0.2, 0) is 11.3 Å². The number of rotatable bonds is 6. The lowest BCUT2D eigenvalue weighted by Gasteiger charge is -2.34. The highest BCUT2D eigenvalue weighted by atomic mass is 16.2. The molecule has 1 fully saturated rings. The highest BCUT2D eigenvalue weighted by molar-refractivity contribution is 5.76. The Labute approximate surface area is 166 Å². The molecule has 1 aromatic heterocycles. The first-order valence-electron chi connectivity index (χ1n) is 9.81. The van der Waals surface area contributed by atoms with Crippen LogP contribution in [0.3, 0.4) is 0 Å². The molecule has 1 aliphatic heterocycles. The average Bonchev–Trinajstić information content (AvgIpc) is 2.70. The molecular weight excluding hydrogens is 352 g/mol. The summed E-state index contributed by atoms with van der Waals surface area (Å²) >= 11 is 0. The number of hydrogen-bond donors (Lipinski definition) is 0. The number of hydrogen-bond acceptors (Lipinski definition) is 4. The number of piperazine rings is 1. The van der Waals surface area contributed by atoms with Crippen LogP contribution < -0.4 is 5.56 Å². The molecule has 1 amide bonds. The Hall–Kier alpha value is -2.73. The van der Waals surface area contributed by atoms with Crippen molar-refractivity contribution in [2.45, 2.75) is 26.3 Å². The van der Waals surface area contributed by atoms with E-state index in [0.29, 0.717) is 13.1 Å². The topological polar surface area (TPSA) is 58.4 Å². The van der Waals surface area contributed by atoms with E-state index >= 15 is 0 Å². The van der Waals surface area contributed by atoms with E-state index in [4.69, 9.17) is 0 Å². The summed E-state index contributed by atoms with van der Waals surface area (Å²) in [5.74, 6) is 0.169. The van der Waals surface area contributed by atoms with Crippen molar-refractivity contribution in [3.05, 3.63) is 70.4 Å². The minimum absolute atomic E-state index is 0.0272. The largest absolute Gasteiger partial charge is 0.339 e. The quantitative estimate of drug-likeness (QED) is 0.771. The van der Waals surface area contributed by atoms with Crippen molar-refractivity contribution < 1.29 is 4.79 Å². The summed E-state index contributed by atoms with van der Waals surface area (Å²) in [6.07, 6.45) is 5.77. The van der Waals surface area contributed by atoms with Gasteiger partial charge in [-0.2, -0.15) is 0 Å². The normalized spacial score (nSPS) is 15.5. The zero-order valence-corrected chi connectivity index (χ0v) is 16.6. The molecule has 0 N–H and O–H groups in total. The van der Waals surface area contributed by atoms with E-state index in [1.54, 1.807) is 0 Å². The molecule has 0 radical (unpaired) electrons. The van der Waals surface area contributed by atoms with Gasteiger partial charge in [0.25, 0.3) is 5.56 Å². The summed E-state index contributed by atoms with van der Waals surface area (Å²) in [4.78, 5) is 33.2. The van der Waals surface area contributed by atoms with Crippen LogP contribution in [0.1, 0.15) is 31.0 Å². The second-order valence-corrected chi connectivity index (χ2v) is 7.43. The molecule has 1 aromatic carbocycles. The maximum atomic E-state index is 12.6. The summed E-state index contributed by atoms with van der Waals surface area (Å²) in [6, 6.07) is 11.8. The van der Waals surface area contributed by atoms with E-state index in [2.05, 4.69) is 34.2 Å². The molecule has 3 rings (SSSR count). The van der Waals surface area contributed by atoms with Gasteiger partial charge in [-0.1, -0.05) is 56.3 Å². The lowest BCUT2D eigenvalue weighted by atomic mass is 10.1. The second-order valence-electron chi connectivity index (χ2n) is 7.43. The van der Waals surface area contributed by atoms with E-state index in [0.717, 1.165) is 25.3 Å². The van der Waals surface area contributed by atoms with Crippen LogP contribution in [0.25, 0.3) is 6.08 Å². The van der Waals surface area contributed by atoms with E-state index in [-0.39, 0.29) is 23.9 Å². The summed E-state index contributed by atoms with van der Waals surface area (Å²) in [6.45, 7) is 7.95. The third kappa shape index (κ3) is 5.39. The molecule has 0 atom stereocenters. The molecule has 0 saturated carbocycles. The standard InChI is InChI=1S/C22H28N4O2/c1-18(2)20-15-21(27)26(17-23-20)16-22(28)25-13-11-24(12-14-25)10-6-9-19-7-4-3-5-8-19/h3-9,15,17-18H,10-14,16H2,1-2H3/b9-6+. The summed E-state index contributed by atoms with van der Waals surface area (Å²) in [5.41, 5.74) is 1.78. The molecule has 1 saturated heterocycles. The van der Waals surface area contributed by atoms with Gasteiger partial charge >= 0.3 is 0 Å². The molecule has 0 unspecified atom stereocenters. The number of aromatic nitrogens is 2. The van der Waals surface area contributed by atoms with E-state index in [1.165, 1.54) is 22.5 Å². The van der Waals surface area contributed by atoms with Crippen molar-refractivity contribution in [1.29, 1.82) is 0 Å². The zero-order valence-electron chi connectivity index (χ0n) is 16.6. The maximum absolute atomic E-state index is 12.6. The number of carbonyl (C=O) groups is 1. The second kappa shape index (κ2) is 9.46. The van der Waals surface area contributed by atoms with Gasteiger partial charge in [-0.05, 0) is 11.5 Å². The van der Waals surface area contributed by atoms with Gasteiger partial charge in [-0.15, -0.1) is 0 Å². The van der Waals surface area contributed by atoms with Gasteiger partial charge in [-0.3, -0.25) is 19.1 Å². The van der Waals surface area contributed by atoms with Crippen LogP contribution in [0.5, 0.6) is 0 Å². The van der Waals surface area contributed by atoms with Crippen molar-refractivity contribution in [2.24, 2.45) is 0 Å². The van der Waals surface area contributed by atoms with Crippen LogP contribution in [0.2, 0.25) is 0 Å². The number of benzene rings is 1. The van der Waals surface area contributed by atoms with Crippen LogP contribution in [-0.4, -0.2) is 58.0 Å². The molecule has 0 spiro atoms. The molecule has 2 heterocycles. The lowest BCUT2D eigenvalue weighted by Crippen LogP contribution is -2.49. The Morgan fingerprint density at radius 2 is 1.86 bits per heavy atom. The maximum Gasteiger partial charge on any atom is 0.254 e. The highest BCUT2D eigenvalue weighted by Gasteiger charge is 2.21. The summed E-state index contributed by atoms with van der Waals surface area (Å²) in [7, 11) is 0. The lowest BCUT2D eigenvalue weighted by molar-refractivity contribution is -0.133. The van der Waals surface area contributed by atoms with E-state index in [9.17, 15) is 9.59 Å². The molecule has 0 aliphatic carbocycles. The molecular formula is C22H28N4O2. The van der Waals surface area contributed by atoms with Crippen LogP contribution in [0.15, 0.2) is 53.6 Å². The summed E-state index contributed by atoms with van der Waals surface area (Å²) < 4.78 is 1.39. The number of nitrogens with zero attached hydrogens (tertiary/aromatic N) is 4. The van der Waals surface area contributed by atoms with Crippen molar-refractivity contribution in [2.75, 3.05) is 32.7 Å². The van der Waals surface area contributed by atoms with Crippen molar-refractivity contribution >= 4 is 12.0 Å². The van der Waals surface area contributed by atoms with Gasteiger partial charge in [-0.25, -0.2) is 4.98 Å². The fraction of sp³-hybridized carbons (Fsp3) is 0.409. The molecule has 1 aliphatic rings. The fourth-order valence-corrected chi connectivity index (χ4v) is 3.20. The van der Waals surface area contributed by atoms with Crippen LogP contribution in [0.4, 0.5) is 0 Å². The van der Waals surface area contributed by atoms with E-state index in [1.807, 2.05) is 36.9 Å².